The molecule has 0 amide bonds. The highest BCUT2D eigenvalue weighted by Gasteiger charge is 2.29. The van der Waals surface area contributed by atoms with Gasteiger partial charge in [0.2, 0.25) is 0 Å². The lowest BCUT2D eigenvalue weighted by Gasteiger charge is -2.30. The largest absolute Gasteiger partial charge is 0.300 e. The number of rotatable bonds is 7. The van der Waals surface area contributed by atoms with Gasteiger partial charge in [0.1, 0.15) is 5.78 Å². The van der Waals surface area contributed by atoms with Crippen molar-refractivity contribution in [3.8, 4) is 0 Å². The summed E-state index contributed by atoms with van der Waals surface area (Å²) in [6.45, 7) is 15.1. The van der Waals surface area contributed by atoms with Crippen molar-refractivity contribution in [3.05, 3.63) is 0 Å². The average molecular weight is 244 g/mol. The van der Waals surface area contributed by atoms with Gasteiger partial charge >= 0.3 is 0 Å². The molecule has 2 atom stereocenters. The van der Waals surface area contributed by atoms with E-state index in [-0.39, 0.29) is 5.92 Å². The minimum atomic E-state index is 0.229. The van der Waals surface area contributed by atoms with E-state index in [0.717, 1.165) is 6.42 Å². The highest BCUT2D eigenvalue weighted by atomic mass is 32.2. The van der Waals surface area contributed by atoms with E-state index in [2.05, 4.69) is 41.5 Å². The van der Waals surface area contributed by atoms with Gasteiger partial charge in [-0.15, -0.1) is 0 Å². The monoisotopic (exact) mass is 244 g/mol. The maximum atomic E-state index is 11.8. The van der Waals surface area contributed by atoms with Crippen molar-refractivity contribution >= 4 is 17.5 Å². The van der Waals surface area contributed by atoms with E-state index in [1.165, 1.54) is 0 Å². The molecule has 0 bridgehead atoms. The molecule has 1 nitrogen and oxygen atoms in total. The van der Waals surface area contributed by atoms with Gasteiger partial charge in [0.05, 0.1) is 0 Å². The first-order chi connectivity index (χ1) is 7.25. The van der Waals surface area contributed by atoms with Gasteiger partial charge in [-0.3, -0.25) is 4.79 Å². The standard InChI is InChI=1S/C14H28OS/c1-9(2)8-13(12(7)15)14(10(3)4)16-11(5)6/h9-11,13-14H,8H2,1-7H3. The Balaban J connectivity index is 4.72. The van der Waals surface area contributed by atoms with Crippen molar-refractivity contribution in [2.45, 2.75) is 65.4 Å². The average Bonchev–Trinajstić information content (AvgIpc) is 2.09. The topological polar surface area (TPSA) is 17.1 Å². The first-order valence-electron chi connectivity index (χ1n) is 6.41. The predicted molar refractivity (Wildman–Crippen MR) is 75.0 cm³/mol. The summed E-state index contributed by atoms with van der Waals surface area (Å²) in [5.41, 5.74) is 0. The van der Waals surface area contributed by atoms with Crippen LogP contribution in [0.2, 0.25) is 0 Å². The van der Waals surface area contributed by atoms with Gasteiger partial charge in [-0.1, -0.05) is 41.5 Å². The predicted octanol–water partition coefficient (Wildman–Crippen LogP) is 4.40. The van der Waals surface area contributed by atoms with Gasteiger partial charge in [-0.05, 0) is 30.4 Å². The Bertz CT molecular complexity index is 209. The van der Waals surface area contributed by atoms with Gasteiger partial charge in [0.25, 0.3) is 0 Å². The second-order valence-corrected chi connectivity index (χ2v) is 7.50. The van der Waals surface area contributed by atoms with Gasteiger partial charge in [0.15, 0.2) is 0 Å². The summed E-state index contributed by atoms with van der Waals surface area (Å²) in [5, 5.41) is 1.07. The molecule has 0 aromatic carbocycles. The number of carbonyl (C=O) groups excluding carboxylic acids is 1. The maximum Gasteiger partial charge on any atom is 0.134 e. The van der Waals surface area contributed by atoms with Gasteiger partial charge in [-0.25, -0.2) is 0 Å². The highest BCUT2D eigenvalue weighted by Crippen LogP contribution is 2.34. The Hall–Kier alpha value is 0.0200. The quantitative estimate of drug-likeness (QED) is 0.660. The summed E-state index contributed by atoms with van der Waals surface area (Å²) in [6, 6.07) is 0. The molecule has 0 rings (SSSR count). The van der Waals surface area contributed by atoms with Crippen LogP contribution in [0.3, 0.4) is 0 Å². The number of hydrogen-bond acceptors (Lipinski definition) is 2. The molecule has 0 saturated heterocycles. The molecule has 0 aliphatic carbocycles. The molecule has 96 valence electrons. The summed E-state index contributed by atoms with van der Waals surface area (Å²) in [7, 11) is 0. The minimum absolute atomic E-state index is 0.229. The molecule has 0 saturated carbocycles. The van der Waals surface area contributed by atoms with E-state index in [1.54, 1.807) is 6.92 Å². The van der Waals surface area contributed by atoms with Crippen LogP contribution in [-0.2, 0) is 4.79 Å². The van der Waals surface area contributed by atoms with E-state index in [0.29, 0.717) is 28.1 Å². The van der Waals surface area contributed by atoms with Gasteiger partial charge < -0.3 is 0 Å². The molecule has 2 heteroatoms. The van der Waals surface area contributed by atoms with Crippen molar-refractivity contribution in [2.75, 3.05) is 0 Å². The Morgan fingerprint density at radius 3 is 1.81 bits per heavy atom. The van der Waals surface area contributed by atoms with E-state index in [1.807, 2.05) is 11.8 Å². The number of carbonyl (C=O) groups is 1. The summed E-state index contributed by atoms with van der Waals surface area (Å²) < 4.78 is 0. The molecule has 0 radical (unpaired) electrons. The number of thioether (sulfide) groups is 1. The Kier molecular flexibility index (Phi) is 7.38. The molecule has 0 N–H and O–H groups in total. The zero-order chi connectivity index (χ0) is 12.9. The fourth-order valence-electron chi connectivity index (χ4n) is 2.07. The van der Waals surface area contributed by atoms with Crippen molar-refractivity contribution in [3.63, 3.8) is 0 Å². The number of Topliss-reactive ketones (excluding diaryl/α,β-unsaturated/α-hetero) is 1. The van der Waals surface area contributed by atoms with E-state index in [9.17, 15) is 4.79 Å². The van der Waals surface area contributed by atoms with Crippen molar-refractivity contribution in [2.24, 2.45) is 17.8 Å². The molecular weight excluding hydrogens is 216 g/mol. The van der Waals surface area contributed by atoms with Crippen LogP contribution in [0.25, 0.3) is 0 Å². The second kappa shape index (κ2) is 7.37. The lowest BCUT2D eigenvalue weighted by Crippen LogP contribution is -2.31. The fourth-order valence-corrected chi connectivity index (χ4v) is 3.51. The van der Waals surface area contributed by atoms with Crippen molar-refractivity contribution in [1.82, 2.24) is 0 Å². The molecule has 0 aromatic rings. The first-order valence-corrected chi connectivity index (χ1v) is 7.35. The number of hydrogen-bond donors (Lipinski definition) is 0. The van der Waals surface area contributed by atoms with Crippen LogP contribution < -0.4 is 0 Å². The molecule has 2 unspecified atom stereocenters. The SMILES string of the molecule is CC(=O)C(CC(C)C)C(SC(C)C)C(C)C. The highest BCUT2D eigenvalue weighted by molar-refractivity contribution is 8.00. The van der Waals surface area contributed by atoms with E-state index in [4.69, 9.17) is 0 Å². The maximum absolute atomic E-state index is 11.8. The molecule has 16 heavy (non-hydrogen) atoms. The Morgan fingerprint density at radius 2 is 1.56 bits per heavy atom. The zero-order valence-electron chi connectivity index (χ0n) is 11.9. The first kappa shape index (κ1) is 16.0. The molecule has 0 aromatic heterocycles. The number of ketones is 1. The Morgan fingerprint density at radius 1 is 1.06 bits per heavy atom. The molecule has 0 aliphatic rings. The summed E-state index contributed by atoms with van der Waals surface area (Å²) in [5.74, 6) is 1.76. The van der Waals surface area contributed by atoms with E-state index < -0.39 is 0 Å². The lowest BCUT2D eigenvalue weighted by molar-refractivity contribution is -0.121. The normalized spacial score (nSPS) is 15.9. The van der Waals surface area contributed by atoms with E-state index >= 15 is 0 Å². The molecular formula is C14H28OS. The fraction of sp³-hybridized carbons (Fsp3) is 0.929. The smallest absolute Gasteiger partial charge is 0.134 e. The van der Waals surface area contributed by atoms with Crippen LogP contribution in [0.15, 0.2) is 0 Å². The van der Waals surface area contributed by atoms with Crippen LogP contribution in [0.4, 0.5) is 0 Å². The van der Waals surface area contributed by atoms with Crippen molar-refractivity contribution in [1.29, 1.82) is 0 Å². The van der Waals surface area contributed by atoms with Gasteiger partial charge in [0, 0.05) is 11.2 Å². The third kappa shape index (κ3) is 5.93. The molecule has 0 fully saturated rings. The summed E-state index contributed by atoms with van der Waals surface area (Å²) in [6.07, 6.45) is 1.03. The summed E-state index contributed by atoms with van der Waals surface area (Å²) >= 11 is 1.97. The van der Waals surface area contributed by atoms with Crippen LogP contribution >= 0.6 is 11.8 Å². The van der Waals surface area contributed by atoms with Crippen LogP contribution in [-0.4, -0.2) is 16.3 Å². The van der Waals surface area contributed by atoms with Crippen LogP contribution in [0.1, 0.15) is 54.9 Å². The molecule has 0 heterocycles. The van der Waals surface area contributed by atoms with Crippen LogP contribution in [0, 0.1) is 17.8 Å². The van der Waals surface area contributed by atoms with Crippen molar-refractivity contribution < 1.29 is 4.79 Å². The third-order valence-electron chi connectivity index (χ3n) is 2.73. The lowest BCUT2D eigenvalue weighted by atomic mass is 9.86. The third-order valence-corrected chi connectivity index (χ3v) is 4.46. The van der Waals surface area contributed by atoms with Crippen LogP contribution in [0.5, 0.6) is 0 Å². The summed E-state index contributed by atoms with van der Waals surface area (Å²) in [4.78, 5) is 11.8. The second-order valence-electron chi connectivity index (χ2n) is 5.74. The zero-order valence-corrected chi connectivity index (χ0v) is 12.7. The van der Waals surface area contributed by atoms with Gasteiger partial charge in [-0.2, -0.15) is 11.8 Å². The minimum Gasteiger partial charge on any atom is -0.300 e. The molecule has 0 aliphatic heterocycles. The Labute approximate surface area is 106 Å². The molecule has 0 spiro atoms.